The molecule has 0 bridgehead atoms. The fourth-order valence-corrected chi connectivity index (χ4v) is 2.49. The molecule has 0 heterocycles. The van der Waals surface area contributed by atoms with Crippen molar-refractivity contribution in [2.24, 2.45) is 0 Å². The van der Waals surface area contributed by atoms with Gasteiger partial charge in [-0.2, -0.15) is 0 Å². The van der Waals surface area contributed by atoms with E-state index in [4.69, 9.17) is 16.3 Å². The Kier molecular flexibility index (Phi) is 5.64. The molecule has 0 saturated carbocycles. The van der Waals surface area contributed by atoms with Crippen molar-refractivity contribution in [3.05, 3.63) is 31.2 Å². The lowest BCUT2D eigenvalue weighted by Gasteiger charge is -2.12. The standard InChI is InChI=1S/C9H8Br2ClNO4/c10-7-1-5(13(15)16)2-8(11)9(7)17-4-6(14)3-12/h1-2,6,14H,3-4H2. The van der Waals surface area contributed by atoms with Gasteiger partial charge in [0.05, 0.1) is 19.7 Å². The minimum Gasteiger partial charge on any atom is -0.488 e. The van der Waals surface area contributed by atoms with Crippen LogP contribution in [-0.2, 0) is 0 Å². The lowest BCUT2D eigenvalue weighted by Crippen LogP contribution is -2.19. The van der Waals surface area contributed by atoms with Gasteiger partial charge in [0.1, 0.15) is 18.5 Å². The molecule has 1 rings (SSSR count). The van der Waals surface area contributed by atoms with E-state index in [9.17, 15) is 15.2 Å². The van der Waals surface area contributed by atoms with Crippen LogP contribution < -0.4 is 4.74 Å². The first-order chi connectivity index (χ1) is 7.95. The van der Waals surface area contributed by atoms with E-state index in [-0.39, 0.29) is 18.2 Å². The minimum atomic E-state index is -0.786. The van der Waals surface area contributed by atoms with Crippen LogP contribution in [0.3, 0.4) is 0 Å². The van der Waals surface area contributed by atoms with E-state index >= 15 is 0 Å². The Hall–Kier alpha value is -0.370. The molecule has 0 radical (unpaired) electrons. The molecule has 1 aromatic carbocycles. The van der Waals surface area contributed by atoms with Crippen molar-refractivity contribution in [1.82, 2.24) is 0 Å². The molecule has 0 spiro atoms. The Morgan fingerprint density at radius 2 is 2.00 bits per heavy atom. The molecule has 0 aromatic heterocycles. The molecule has 0 aliphatic carbocycles. The van der Waals surface area contributed by atoms with E-state index in [1.807, 2.05) is 0 Å². The second kappa shape index (κ2) is 6.53. The number of rotatable bonds is 5. The fourth-order valence-electron chi connectivity index (χ4n) is 1.01. The molecule has 0 aliphatic heterocycles. The summed E-state index contributed by atoms with van der Waals surface area (Å²) < 4.78 is 6.17. The van der Waals surface area contributed by atoms with Gasteiger partial charge in [-0.05, 0) is 31.9 Å². The summed E-state index contributed by atoms with van der Waals surface area (Å²) in [6.07, 6.45) is -0.786. The van der Waals surface area contributed by atoms with E-state index in [0.29, 0.717) is 14.7 Å². The fraction of sp³-hybridized carbons (Fsp3) is 0.333. The number of nitro groups is 1. The number of alkyl halides is 1. The van der Waals surface area contributed by atoms with Gasteiger partial charge in [0.2, 0.25) is 0 Å². The molecule has 94 valence electrons. The molecule has 8 heteroatoms. The number of non-ortho nitro benzene ring substituents is 1. The summed E-state index contributed by atoms with van der Waals surface area (Å²) in [5, 5.41) is 19.8. The SMILES string of the molecule is O=[N+]([O-])c1cc(Br)c(OCC(O)CCl)c(Br)c1. The maximum absolute atomic E-state index is 10.6. The van der Waals surface area contributed by atoms with E-state index in [2.05, 4.69) is 31.9 Å². The summed E-state index contributed by atoms with van der Waals surface area (Å²) >= 11 is 11.8. The van der Waals surface area contributed by atoms with Crippen molar-refractivity contribution in [3.8, 4) is 5.75 Å². The zero-order valence-corrected chi connectivity index (χ0v) is 12.3. The van der Waals surface area contributed by atoms with Crippen molar-refractivity contribution < 1.29 is 14.8 Å². The first kappa shape index (κ1) is 14.7. The maximum Gasteiger partial charge on any atom is 0.271 e. The topological polar surface area (TPSA) is 72.6 Å². The Morgan fingerprint density at radius 3 is 2.41 bits per heavy atom. The molecule has 0 aliphatic rings. The van der Waals surface area contributed by atoms with E-state index in [0.717, 1.165) is 0 Å². The van der Waals surface area contributed by atoms with Gasteiger partial charge in [0, 0.05) is 12.1 Å². The summed E-state index contributed by atoms with van der Waals surface area (Å²) in [7, 11) is 0. The Labute approximate surface area is 119 Å². The molecule has 1 aromatic rings. The van der Waals surface area contributed by atoms with Gasteiger partial charge in [0.15, 0.2) is 0 Å². The number of nitrogens with zero attached hydrogens (tertiary/aromatic N) is 1. The highest BCUT2D eigenvalue weighted by Gasteiger charge is 2.16. The Morgan fingerprint density at radius 1 is 1.47 bits per heavy atom. The van der Waals surface area contributed by atoms with Gasteiger partial charge in [-0.15, -0.1) is 11.6 Å². The summed E-state index contributed by atoms with van der Waals surface area (Å²) in [6.45, 7) is 0.0124. The highest BCUT2D eigenvalue weighted by Crippen LogP contribution is 2.37. The highest BCUT2D eigenvalue weighted by molar-refractivity contribution is 9.11. The molecule has 0 saturated heterocycles. The van der Waals surface area contributed by atoms with Crippen molar-refractivity contribution >= 4 is 49.1 Å². The van der Waals surface area contributed by atoms with Crippen LogP contribution in [0.15, 0.2) is 21.1 Å². The number of aliphatic hydroxyl groups excluding tert-OH is 1. The summed E-state index contributed by atoms with van der Waals surface area (Å²) in [5.74, 6) is 0.446. The van der Waals surface area contributed by atoms with Crippen LogP contribution in [-0.4, -0.2) is 28.6 Å². The number of ether oxygens (including phenoxy) is 1. The number of nitro benzene ring substituents is 1. The van der Waals surface area contributed by atoms with Crippen molar-refractivity contribution in [2.75, 3.05) is 12.5 Å². The van der Waals surface area contributed by atoms with Gasteiger partial charge in [-0.1, -0.05) is 0 Å². The normalized spacial score (nSPS) is 12.2. The molecule has 1 unspecified atom stereocenters. The quantitative estimate of drug-likeness (QED) is 0.477. The molecule has 0 fully saturated rings. The van der Waals surface area contributed by atoms with Gasteiger partial charge >= 0.3 is 0 Å². The van der Waals surface area contributed by atoms with Gasteiger partial charge < -0.3 is 9.84 Å². The number of aliphatic hydroxyl groups is 1. The smallest absolute Gasteiger partial charge is 0.271 e. The average Bonchev–Trinajstić information content (AvgIpc) is 2.27. The van der Waals surface area contributed by atoms with Gasteiger partial charge in [-0.25, -0.2) is 0 Å². The van der Waals surface area contributed by atoms with Crippen LogP contribution in [0.1, 0.15) is 0 Å². The first-order valence-electron chi connectivity index (χ1n) is 4.46. The molecular formula is C9H8Br2ClNO4. The Bertz CT molecular complexity index is 406. The van der Waals surface area contributed by atoms with Crippen LogP contribution in [0.25, 0.3) is 0 Å². The monoisotopic (exact) mass is 387 g/mol. The molecule has 17 heavy (non-hydrogen) atoms. The van der Waals surface area contributed by atoms with Crippen LogP contribution in [0, 0.1) is 10.1 Å². The van der Waals surface area contributed by atoms with Crippen LogP contribution >= 0.6 is 43.5 Å². The lowest BCUT2D eigenvalue weighted by molar-refractivity contribution is -0.385. The molecular weight excluding hydrogens is 381 g/mol. The minimum absolute atomic E-state index is 0.0124. The summed E-state index contributed by atoms with van der Waals surface area (Å²) in [6, 6.07) is 2.65. The summed E-state index contributed by atoms with van der Waals surface area (Å²) in [5.41, 5.74) is -0.0611. The van der Waals surface area contributed by atoms with Crippen molar-refractivity contribution in [1.29, 1.82) is 0 Å². The zero-order chi connectivity index (χ0) is 13.0. The van der Waals surface area contributed by atoms with Crippen LogP contribution in [0.2, 0.25) is 0 Å². The number of hydrogen-bond donors (Lipinski definition) is 1. The van der Waals surface area contributed by atoms with Crippen LogP contribution in [0.5, 0.6) is 5.75 Å². The molecule has 1 N–H and O–H groups in total. The second-order valence-electron chi connectivity index (χ2n) is 3.11. The predicted octanol–water partition coefficient (Wildman–Crippen LogP) is 3.10. The number of benzene rings is 1. The zero-order valence-electron chi connectivity index (χ0n) is 8.40. The highest BCUT2D eigenvalue weighted by atomic mass is 79.9. The van der Waals surface area contributed by atoms with Crippen molar-refractivity contribution in [3.63, 3.8) is 0 Å². The number of halogens is 3. The first-order valence-corrected chi connectivity index (χ1v) is 6.58. The van der Waals surface area contributed by atoms with Gasteiger partial charge in [-0.3, -0.25) is 10.1 Å². The third-order valence-electron chi connectivity index (χ3n) is 1.79. The third-order valence-corrected chi connectivity index (χ3v) is 3.33. The predicted molar refractivity (Wildman–Crippen MR) is 70.7 cm³/mol. The van der Waals surface area contributed by atoms with E-state index < -0.39 is 11.0 Å². The summed E-state index contributed by atoms with van der Waals surface area (Å²) in [4.78, 5) is 10.1. The lowest BCUT2D eigenvalue weighted by atomic mass is 10.3. The average molecular weight is 389 g/mol. The van der Waals surface area contributed by atoms with Crippen LogP contribution in [0.4, 0.5) is 5.69 Å². The number of hydrogen-bond acceptors (Lipinski definition) is 4. The largest absolute Gasteiger partial charge is 0.488 e. The van der Waals surface area contributed by atoms with E-state index in [1.165, 1.54) is 12.1 Å². The van der Waals surface area contributed by atoms with E-state index in [1.54, 1.807) is 0 Å². The molecule has 5 nitrogen and oxygen atoms in total. The van der Waals surface area contributed by atoms with Gasteiger partial charge in [0.25, 0.3) is 5.69 Å². The van der Waals surface area contributed by atoms with Crippen molar-refractivity contribution in [2.45, 2.75) is 6.10 Å². The third kappa shape index (κ3) is 4.09. The molecule has 1 atom stereocenters. The second-order valence-corrected chi connectivity index (χ2v) is 5.13. The Balaban J connectivity index is 2.90. The maximum atomic E-state index is 10.6. The molecule has 0 amide bonds.